The lowest BCUT2D eigenvalue weighted by Gasteiger charge is -2.35. The topological polar surface area (TPSA) is 52.5 Å². The Balaban J connectivity index is 1.43. The molecule has 0 aliphatic carbocycles. The molecule has 8 rings (SSSR count). The SMILES string of the molecule is N#Cc1cc(-c2cc(-n3c4ccccc4c4ccccc43)ccc2C#N)cc([Si](c2ccccc2)(c2ccccc2)c2ccccc2)c1. The Kier molecular flexibility index (Phi) is 7.27. The lowest BCUT2D eigenvalue weighted by atomic mass is 9.98. The first-order chi connectivity index (χ1) is 23.7. The predicted molar refractivity (Wildman–Crippen MR) is 199 cm³/mol. The number of nitriles is 2. The largest absolute Gasteiger partial charge is 0.309 e. The van der Waals surface area contributed by atoms with Crippen molar-refractivity contribution in [3.8, 4) is 29.0 Å². The maximum atomic E-state index is 10.5. The maximum Gasteiger partial charge on any atom is 0.179 e. The molecule has 1 heterocycles. The molecule has 0 aliphatic rings. The zero-order chi connectivity index (χ0) is 32.5. The van der Waals surface area contributed by atoms with Gasteiger partial charge in [0, 0.05) is 22.0 Å². The Morgan fingerprint density at radius 2 is 0.938 bits per heavy atom. The highest BCUT2D eigenvalue weighted by Crippen LogP contribution is 2.34. The van der Waals surface area contributed by atoms with Crippen molar-refractivity contribution in [3.05, 3.63) is 187 Å². The second kappa shape index (κ2) is 12.0. The van der Waals surface area contributed by atoms with Crippen molar-refractivity contribution < 1.29 is 0 Å². The molecule has 0 N–H and O–H groups in total. The van der Waals surface area contributed by atoms with Crippen LogP contribution in [0.2, 0.25) is 0 Å². The fourth-order valence-electron chi connectivity index (χ4n) is 7.34. The van der Waals surface area contributed by atoms with Crippen molar-refractivity contribution in [1.82, 2.24) is 4.57 Å². The summed E-state index contributed by atoms with van der Waals surface area (Å²) in [5.74, 6) is 0. The van der Waals surface area contributed by atoms with Crippen LogP contribution in [0.25, 0.3) is 38.6 Å². The third-order valence-electron chi connectivity index (χ3n) is 9.39. The molecule has 1 aromatic heterocycles. The van der Waals surface area contributed by atoms with Crippen molar-refractivity contribution in [1.29, 1.82) is 10.5 Å². The molecular weight excluding hydrogens is 599 g/mol. The van der Waals surface area contributed by atoms with E-state index in [9.17, 15) is 10.5 Å². The van der Waals surface area contributed by atoms with Gasteiger partial charge in [-0.3, -0.25) is 0 Å². The molecule has 224 valence electrons. The Morgan fingerprint density at radius 3 is 1.44 bits per heavy atom. The maximum absolute atomic E-state index is 10.5. The number of hydrogen-bond acceptors (Lipinski definition) is 2. The summed E-state index contributed by atoms with van der Waals surface area (Å²) in [5, 5.41) is 28.0. The quantitative estimate of drug-likeness (QED) is 0.141. The molecule has 0 aliphatic heterocycles. The van der Waals surface area contributed by atoms with Crippen molar-refractivity contribution in [2.45, 2.75) is 0 Å². The zero-order valence-electron chi connectivity index (χ0n) is 26.1. The second-order valence-electron chi connectivity index (χ2n) is 12.0. The summed E-state index contributed by atoms with van der Waals surface area (Å²) in [6.07, 6.45) is 0. The van der Waals surface area contributed by atoms with E-state index in [1.54, 1.807) is 0 Å². The van der Waals surface area contributed by atoms with E-state index in [-0.39, 0.29) is 0 Å². The number of benzene rings is 7. The standard InChI is InChI=1S/C44H29N3Si/c45-30-32-26-34(42-29-35(25-24-33(42)31-46)47-43-22-12-10-20-40(43)41-21-11-13-23-44(41)47)28-39(27-32)48(36-14-4-1-5-15-36,37-16-6-2-7-17-37)38-18-8-3-9-19-38/h1-29H. The van der Waals surface area contributed by atoms with Crippen LogP contribution in [0, 0.1) is 22.7 Å². The van der Waals surface area contributed by atoms with Crippen LogP contribution in [-0.2, 0) is 0 Å². The normalized spacial score (nSPS) is 11.3. The molecule has 3 nitrogen and oxygen atoms in total. The molecule has 48 heavy (non-hydrogen) atoms. The van der Waals surface area contributed by atoms with Gasteiger partial charge in [-0.1, -0.05) is 133 Å². The Labute approximate surface area is 280 Å². The fraction of sp³-hybridized carbons (Fsp3) is 0. The molecular formula is C44H29N3Si. The molecule has 0 saturated carbocycles. The number of rotatable bonds is 6. The summed E-state index contributed by atoms with van der Waals surface area (Å²) >= 11 is 0. The number of hydrogen-bond donors (Lipinski definition) is 0. The molecule has 4 heteroatoms. The molecule has 8 aromatic rings. The zero-order valence-corrected chi connectivity index (χ0v) is 27.1. The van der Waals surface area contributed by atoms with Gasteiger partial charge in [0.2, 0.25) is 0 Å². The minimum atomic E-state index is -2.92. The first-order valence-electron chi connectivity index (χ1n) is 16.0. The van der Waals surface area contributed by atoms with E-state index >= 15 is 0 Å². The van der Waals surface area contributed by atoms with Gasteiger partial charge in [-0.15, -0.1) is 0 Å². The summed E-state index contributed by atoms with van der Waals surface area (Å²) in [6.45, 7) is 0. The van der Waals surface area contributed by atoms with Gasteiger partial charge in [0.05, 0.1) is 34.3 Å². The highest BCUT2D eigenvalue weighted by molar-refractivity contribution is 7.19. The summed E-state index contributed by atoms with van der Waals surface area (Å²) < 4.78 is 2.27. The van der Waals surface area contributed by atoms with Crippen LogP contribution in [0.15, 0.2) is 176 Å². The number of fused-ring (bicyclic) bond motifs is 3. The number of para-hydroxylation sites is 2. The van der Waals surface area contributed by atoms with Gasteiger partial charge in [-0.2, -0.15) is 10.5 Å². The third-order valence-corrected chi connectivity index (χ3v) is 14.1. The van der Waals surface area contributed by atoms with Gasteiger partial charge in [0.15, 0.2) is 8.07 Å². The minimum absolute atomic E-state index is 0.562. The van der Waals surface area contributed by atoms with E-state index < -0.39 is 8.07 Å². The lowest BCUT2D eigenvalue weighted by Crippen LogP contribution is -2.74. The van der Waals surface area contributed by atoms with Crippen molar-refractivity contribution >= 4 is 50.6 Å². The van der Waals surface area contributed by atoms with E-state index in [0.717, 1.165) is 33.0 Å². The molecule has 0 spiro atoms. The van der Waals surface area contributed by atoms with Gasteiger partial charge >= 0.3 is 0 Å². The fourth-order valence-corrected chi connectivity index (χ4v) is 12.2. The summed E-state index contributed by atoms with van der Waals surface area (Å²) in [4.78, 5) is 0. The van der Waals surface area contributed by atoms with Crippen molar-refractivity contribution in [3.63, 3.8) is 0 Å². The average Bonchev–Trinajstić information content (AvgIpc) is 3.50. The highest BCUT2D eigenvalue weighted by atomic mass is 28.3. The molecule has 0 bridgehead atoms. The van der Waals surface area contributed by atoms with E-state index in [1.807, 2.05) is 18.2 Å². The monoisotopic (exact) mass is 627 g/mol. The van der Waals surface area contributed by atoms with E-state index in [4.69, 9.17) is 0 Å². The van der Waals surface area contributed by atoms with Crippen molar-refractivity contribution in [2.24, 2.45) is 0 Å². The van der Waals surface area contributed by atoms with Gasteiger partial charge in [-0.25, -0.2) is 0 Å². The van der Waals surface area contributed by atoms with E-state index in [0.29, 0.717) is 11.1 Å². The van der Waals surface area contributed by atoms with Gasteiger partial charge in [0.1, 0.15) is 0 Å². The van der Waals surface area contributed by atoms with Gasteiger partial charge < -0.3 is 4.57 Å². The Morgan fingerprint density at radius 1 is 0.438 bits per heavy atom. The Hall–Kier alpha value is -6.46. The smallest absolute Gasteiger partial charge is 0.179 e. The van der Waals surface area contributed by atoms with Crippen LogP contribution in [-0.4, -0.2) is 12.6 Å². The van der Waals surface area contributed by atoms with Crippen LogP contribution in [0.1, 0.15) is 11.1 Å². The Bertz CT molecular complexity index is 2370. The number of aromatic nitrogens is 1. The van der Waals surface area contributed by atoms with Crippen LogP contribution in [0.3, 0.4) is 0 Å². The molecule has 0 radical (unpaired) electrons. The molecule has 0 saturated heterocycles. The van der Waals surface area contributed by atoms with E-state index in [2.05, 4.69) is 174 Å². The first kappa shape index (κ1) is 29.0. The van der Waals surface area contributed by atoms with E-state index in [1.165, 1.54) is 26.3 Å². The van der Waals surface area contributed by atoms with Crippen molar-refractivity contribution in [2.75, 3.05) is 0 Å². The summed E-state index contributed by atoms with van der Waals surface area (Å²) in [5.41, 5.74) is 5.94. The van der Waals surface area contributed by atoms with Gasteiger partial charge in [-0.05, 0) is 68.8 Å². The average molecular weight is 628 g/mol. The van der Waals surface area contributed by atoms with Crippen LogP contribution in [0.5, 0.6) is 0 Å². The highest BCUT2D eigenvalue weighted by Gasteiger charge is 2.41. The van der Waals surface area contributed by atoms with Crippen LogP contribution >= 0.6 is 0 Å². The van der Waals surface area contributed by atoms with Crippen LogP contribution < -0.4 is 20.7 Å². The number of nitrogens with zero attached hydrogens (tertiary/aromatic N) is 3. The molecule has 0 fully saturated rings. The summed E-state index contributed by atoms with van der Waals surface area (Å²) in [6, 6.07) is 66.1. The predicted octanol–water partition coefficient (Wildman–Crippen LogP) is 7.57. The molecule has 0 amide bonds. The molecule has 7 aromatic carbocycles. The van der Waals surface area contributed by atoms with Gasteiger partial charge in [0.25, 0.3) is 0 Å². The minimum Gasteiger partial charge on any atom is -0.309 e. The third kappa shape index (κ3) is 4.64. The summed E-state index contributed by atoms with van der Waals surface area (Å²) in [7, 11) is -2.92. The molecule has 0 unspecified atom stereocenters. The molecule has 0 atom stereocenters. The lowest BCUT2D eigenvalue weighted by molar-refractivity contribution is 1.18. The second-order valence-corrected chi connectivity index (χ2v) is 15.8. The van der Waals surface area contributed by atoms with Crippen LogP contribution in [0.4, 0.5) is 0 Å². The first-order valence-corrected chi connectivity index (χ1v) is 18.0.